The van der Waals surface area contributed by atoms with E-state index in [9.17, 15) is 4.79 Å². The van der Waals surface area contributed by atoms with Crippen LogP contribution in [0, 0.1) is 11.8 Å². The molecule has 1 aromatic heterocycles. The summed E-state index contributed by atoms with van der Waals surface area (Å²) in [5.41, 5.74) is 0.444. The van der Waals surface area contributed by atoms with Gasteiger partial charge in [0, 0.05) is 13.1 Å². The van der Waals surface area contributed by atoms with Gasteiger partial charge in [-0.05, 0) is 24.7 Å². The number of H-pyrrole nitrogens is 1. The van der Waals surface area contributed by atoms with Crippen LogP contribution in [-0.2, 0) is 0 Å². The normalized spacial score (nSPS) is 28.8. The summed E-state index contributed by atoms with van der Waals surface area (Å²) in [6.07, 6.45) is 8.01. The molecule has 1 amide bonds. The molecule has 3 rings (SSSR count). The minimum Gasteiger partial charge on any atom is -0.337 e. The van der Waals surface area contributed by atoms with Gasteiger partial charge in [0.1, 0.15) is 0 Å². The molecule has 1 N–H and O–H groups in total. The van der Waals surface area contributed by atoms with Crippen LogP contribution in [0.3, 0.4) is 0 Å². The highest BCUT2D eigenvalue weighted by Crippen LogP contribution is 2.36. The van der Waals surface area contributed by atoms with Crippen LogP contribution in [0.15, 0.2) is 6.20 Å². The molecule has 2 aliphatic rings. The second kappa shape index (κ2) is 4.47. The fraction of sp³-hybridized carbons (Fsp3) is 0.750. The Morgan fingerprint density at radius 2 is 2.12 bits per heavy atom. The quantitative estimate of drug-likeness (QED) is 0.800. The predicted molar refractivity (Wildman–Crippen MR) is 62.4 cm³/mol. The molecule has 1 aromatic rings. The Hall–Kier alpha value is -1.39. The number of rotatable bonds is 1. The summed E-state index contributed by atoms with van der Waals surface area (Å²) < 4.78 is 0. The fourth-order valence-electron chi connectivity index (χ4n) is 3.25. The Kier molecular flexibility index (Phi) is 2.82. The van der Waals surface area contributed by atoms with Crippen LogP contribution < -0.4 is 0 Å². The van der Waals surface area contributed by atoms with Crippen molar-refractivity contribution in [2.24, 2.45) is 11.8 Å². The Labute approximate surface area is 101 Å². The second-order valence-electron chi connectivity index (χ2n) is 5.20. The van der Waals surface area contributed by atoms with Crippen molar-refractivity contribution >= 4 is 5.91 Å². The predicted octanol–water partition coefficient (Wildman–Crippen LogP) is 1.46. The molecule has 0 bridgehead atoms. The molecule has 1 aliphatic carbocycles. The lowest BCUT2D eigenvalue weighted by Gasteiger charge is -2.41. The molecule has 0 aromatic carbocycles. The number of hydrogen-bond donors (Lipinski definition) is 1. The van der Waals surface area contributed by atoms with Gasteiger partial charge in [0.2, 0.25) is 0 Å². The number of aromatic amines is 1. The lowest BCUT2D eigenvalue weighted by atomic mass is 9.75. The number of amides is 1. The molecule has 2 heterocycles. The standard InChI is InChI=1S/C12H18N4O/c17-12(11-7-13-15-14-11)16-6-5-9-3-1-2-4-10(9)8-16/h7,9-10H,1-6,8H2,(H,13,14,15). The Morgan fingerprint density at radius 1 is 1.29 bits per heavy atom. The molecule has 0 spiro atoms. The summed E-state index contributed by atoms with van der Waals surface area (Å²) in [5, 5.41) is 10.1. The molecule has 1 aliphatic heterocycles. The molecule has 2 fully saturated rings. The number of carbonyl (C=O) groups excluding carboxylic acids is 1. The van der Waals surface area contributed by atoms with Gasteiger partial charge in [0.15, 0.2) is 5.69 Å². The van der Waals surface area contributed by atoms with Crippen LogP contribution in [0.25, 0.3) is 0 Å². The highest BCUT2D eigenvalue weighted by atomic mass is 16.2. The monoisotopic (exact) mass is 234 g/mol. The first kappa shape index (κ1) is 10.7. The maximum Gasteiger partial charge on any atom is 0.276 e. The largest absolute Gasteiger partial charge is 0.337 e. The van der Waals surface area contributed by atoms with Crippen molar-refractivity contribution in [1.82, 2.24) is 20.3 Å². The van der Waals surface area contributed by atoms with E-state index in [2.05, 4.69) is 15.4 Å². The highest BCUT2D eigenvalue weighted by Gasteiger charge is 2.33. The van der Waals surface area contributed by atoms with E-state index < -0.39 is 0 Å². The van der Waals surface area contributed by atoms with Crippen molar-refractivity contribution in [2.75, 3.05) is 13.1 Å². The van der Waals surface area contributed by atoms with Gasteiger partial charge in [0.25, 0.3) is 5.91 Å². The number of nitrogens with one attached hydrogen (secondary N) is 1. The van der Waals surface area contributed by atoms with Crippen LogP contribution >= 0.6 is 0 Å². The number of nitrogens with zero attached hydrogens (tertiary/aromatic N) is 3. The van der Waals surface area contributed by atoms with Crippen LogP contribution in [-0.4, -0.2) is 39.3 Å². The van der Waals surface area contributed by atoms with Crippen LogP contribution in [0.5, 0.6) is 0 Å². The third-order valence-electron chi connectivity index (χ3n) is 4.21. The SMILES string of the molecule is O=C(c1cn[nH]n1)N1CCC2CCCCC2C1. The summed E-state index contributed by atoms with van der Waals surface area (Å²) in [7, 11) is 0. The van der Waals surface area contributed by atoms with Gasteiger partial charge in [-0.25, -0.2) is 0 Å². The first-order valence-electron chi connectivity index (χ1n) is 6.49. The minimum absolute atomic E-state index is 0.0303. The average Bonchev–Trinajstić information content (AvgIpc) is 2.91. The van der Waals surface area contributed by atoms with E-state index in [0.717, 1.165) is 25.4 Å². The zero-order valence-corrected chi connectivity index (χ0v) is 9.93. The van der Waals surface area contributed by atoms with E-state index >= 15 is 0 Å². The number of piperidine rings is 1. The topological polar surface area (TPSA) is 61.9 Å². The maximum absolute atomic E-state index is 12.1. The van der Waals surface area contributed by atoms with Gasteiger partial charge in [-0.3, -0.25) is 4.79 Å². The third-order valence-corrected chi connectivity index (χ3v) is 4.21. The van der Waals surface area contributed by atoms with Gasteiger partial charge in [0.05, 0.1) is 6.20 Å². The summed E-state index contributed by atoms with van der Waals surface area (Å²) in [5.74, 6) is 1.60. The van der Waals surface area contributed by atoms with Gasteiger partial charge < -0.3 is 4.90 Å². The molecule has 1 saturated carbocycles. The van der Waals surface area contributed by atoms with Crippen molar-refractivity contribution < 1.29 is 4.79 Å². The van der Waals surface area contributed by atoms with Crippen molar-refractivity contribution in [3.63, 3.8) is 0 Å². The molecular weight excluding hydrogens is 216 g/mol. The number of hydrogen-bond acceptors (Lipinski definition) is 3. The van der Waals surface area contributed by atoms with E-state index in [1.807, 2.05) is 4.90 Å². The fourth-order valence-corrected chi connectivity index (χ4v) is 3.25. The van der Waals surface area contributed by atoms with Crippen LogP contribution in [0.2, 0.25) is 0 Å². The highest BCUT2D eigenvalue weighted by molar-refractivity contribution is 5.91. The molecule has 2 atom stereocenters. The molecule has 0 radical (unpaired) electrons. The first-order chi connectivity index (χ1) is 8.34. The second-order valence-corrected chi connectivity index (χ2v) is 5.20. The Morgan fingerprint density at radius 3 is 2.88 bits per heavy atom. The van der Waals surface area contributed by atoms with Gasteiger partial charge in [-0.15, -0.1) is 0 Å². The van der Waals surface area contributed by atoms with Crippen LogP contribution in [0.1, 0.15) is 42.6 Å². The minimum atomic E-state index is 0.0303. The van der Waals surface area contributed by atoms with Gasteiger partial charge in [-0.1, -0.05) is 19.3 Å². The molecular formula is C12H18N4O. The lowest BCUT2D eigenvalue weighted by molar-refractivity contribution is 0.0515. The Bertz CT molecular complexity index is 389. The Balaban J connectivity index is 1.67. The lowest BCUT2D eigenvalue weighted by Crippen LogP contribution is -2.44. The van der Waals surface area contributed by atoms with E-state index in [1.54, 1.807) is 0 Å². The number of carbonyl (C=O) groups is 1. The van der Waals surface area contributed by atoms with Gasteiger partial charge >= 0.3 is 0 Å². The van der Waals surface area contributed by atoms with Crippen molar-refractivity contribution in [3.05, 3.63) is 11.9 Å². The van der Waals surface area contributed by atoms with Crippen LogP contribution in [0.4, 0.5) is 0 Å². The summed E-state index contributed by atoms with van der Waals surface area (Å²) in [6, 6.07) is 0. The first-order valence-corrected chi connectivity index (χ1v) is 6.49. The molecule has 5 nitrogen and oxygen atoms in total. The maximum atomic E-state index is 12.1. The van der Waals surface area contributed by atoms with E-state index in [1.165, 1.54) is 31.9 Å². The zero-order valence-electron chi connectivity index (χ0n) is 9.93. The third kappa shape index (κ3) is 2.06. The van der Waals surface area contributed by atoms with Crippen molar-refractivity contribution in [1.29, 1.82) is 0 Å². The number of likely N-dealkylation sites (tertiary alicyclic amines) is 1. The summed E-state index contributed by atoms with van der Waals surface area (Å²) >= 11 is 0. The van der Waals surface area contributed by atoms with Gasteiger partial charge in [-0.2, -0.15) is 15.4 Å². The summed E-state index contributed by atoms with van der Waals surface area (Å²) in [4.78, 5) is 14.1. The zero-order chi connectivity index (χ0) is 11.7. The number of aromatic nitrogens is 3. The van der Waals surface area contributed by atoms with E-state index in [0.29, 0.717) is 11.6 Å². The average molecular weight is 234 g/mol. The van der Waals surface area contributed by atoms with Crippen molar-refractivity contribution in [2.45, 2.75) is 32.1 Å². The molecule has 2 unspecified atom stereocenters. The molecule has 5 heteroatoms. The van der Waals surface area contributed by atoms with E-state index in [-0.39, 0.29) is 5.91 Å². The molecule has 92 valence electrons. The van der Waals surface area contributed by atoms with E-state index in [4.69, 9.17) is 0 Å². The number of fused-ring (bicyclic) bond motifs is 1. The van der Waals surface area contributed by atoms with Crippen molar-refractivity contribution in [3.8, 4) is 0 Å². The summed E-state index contributed by atoms with van der Waals surface area (Å²) in [6.45, 7) is 1.79. The molecule has 1 saturated heterocycles. The smallest absolute Gasteiger partial charge is 0.276 e. The molecule has 17 heavy (non-hydrogen) atoms.